The molecule has 0 aromatic heterocycles. The van der Waals surface area contributed by atoms with E-state index in [-0.39, 0.29) is 6.29 Å². The second-order valence-corrected chi connectivity index (χ2v) is 7.74. The molecule has 22 heavy (non-hydrogen) atoms. The first-order chi connectivity index (χ1) is 10.8. The van der Waals surface area contributed by atoms with Crippen LogP contribution in [0.15, 0.2) is 11.1 Å². The van der Waals surface area contributed by atoms with Gasteiger partial charge >= 0.3 is 0 Å². The van der Waals surface area contributed by atoms with Crippen molar-refractivity contribution in [1.82, 2.24) is 0 Å². The molecule has 0 spiro atoms. The van der Waals surface area contributed by atoms with E-state index in [0.29, 0.717) is 0 Å². The lowest BCUT2D eigenvalue weighted by Gasteiger charge is -2.37. The van der Waals surface area contributed by atoms with E-state index in [9.17, 15) is 0 Å². The van der Waals surface area contributed by atoms with Crippen molar-refractivity contribution >= 4 is 0 Å². The SMILES string of the molecule is CCC1CCC(C2CCC(=C(C)C3OCCCO3)CC2)CC1. The van der Waals surface area contributed by atoms with Gasteiger partial charge in [0.25, 0.3) is 0 Å². The Morgan fingerprint density at radius 2 is 1.50 bits per heavy atom. The van der Waals surface area contributed by atoms with Gasteiger partial charge in [0.2, 0.25) is 0 Å². The summed E-state index contributed by atoms with van der Waals surface area (Å²) in [5, 5.41) is 0. The molecule has 0 atom stereocenters. The number of hydrogen-bond acceptors (Lipinski definition) is 2. The molecule has 3 rings (SSSR count). The van der Waals surface area contributed by atoms with Crippen molar-refractivity contribution in [2.75, 3.05) is 13.2 Å². The first-order valence-electron chi connectivity index (χ1n) is 9.69. The van der Waals surface area contributed by atoms with E-state index in [4.69, 9.17) is 9.47 Å². The highest BCUT2D eigenvalue weighted by molar-refractivity contribution is 5.17. The maximum absolute atomic E-state index is 5.78. The Morgan fingerprint density at radius 3 is 2.09 bits per heavy atom. The van der Waals surface area contributed by atoms with Crippen molar-refractivity contribution in [1.29, 1.82) is 0 Å². The lowest BCUT2D eigenvalue weighted by molar-refractivity contribution is -0.156. The number of ether oxygens (including phenoxy) is 2. The second-order valence-electron chi connectivity index (χ2n) is 7.74. The maximum Gasteiger partial charge on any atom is 0.179 e. The van der Waals surface area contributed by atoms with Crippen molar-refractivity contribution in [2.45, 2.75) is 84.3 Å². The Bertz CT molecular complexity index is 363. The zero-order valence-corrected chi connectivity index (χ0v) is 14.6. The number of rotatable bonds is 3. The summed E-state index contributed by atoms with van der Waals surface area (Å²) in [5.41, 5.74) is 3.01. The summed E-state index contributed by atoms with van der Waals surface area (Å²) in [4.78, 5) is 0. The predicted octanol–water partition coefficient (Wildman–Crippen LogP) is 5.47. The smallest absolute Gasteiger partial charge is 0.179 e. The molecule has 3 fully saturated rings. The molecular weight excluding hydrogens is 272 g/mol. The number of allylic oxidation sites excluding steroid dienone is 1. The van der Waals surface area contributed by atoms with Crippen LogP contribution in [0.3, 0.4) is 0 Å². The summed E-state index contributed by atoms with van der Waals surface area (Å²) >= 11 is 0. The Labute approximate surface area is 136 Å². The lowest BCUT2D eigenvalue weighted by atomic mass is 9.69. The van der Waals surface area contributed by atoms with Crippen LogP contribution in [0.5, 0.6) is 0 Å². The zero-order chi connectivity index (χ0) is 15.4. The third kappa shape index (κ3) is 3.94. The summed E-state index contributed by atoms with van der Waals surface area (Å²) in [6.45, 7) is 6.32. The summed E-state index contributed by atoms with van der Waals surface area (Å²) in [6.07, 6.45) is 13.7. The zero-order valence-electron chi connectivity index (χ0n) is 14.6. The van der Waals surface area contributed by atoms with Crippen molar-refractivity contribution in [3.05, 3.63) is 11.1 Å². The maximum atomic E-state index is 5.78. The van der Waals surface area contributed by atoms with E-state index in [2.05, 4.69) is 13.8 Å². The van der Waals surface area contributed by atoms with Gasteiger partial charge in [-0.15, -0.1) is 0 Å². The standard InChI is InChI=1S/C20H34O2/c1-3-16-5-7-18(8-6-16)19-11-9-17(10-12-19)15(2)20-21-13-4-14-22-20/h16,18-20H,3-14H2,1-2H3. The predicted molar refractivity (Wildman–Crippen MR) is 90.7 cm³/mol. The van der Waals surface area contributed by atoms with Gasteiger partial charge in [-0.2, -0.15) is 0 Å². The summed E-state index contributed by atoms with van der Waals surface area (Å²) in [5.74, 6) is 3.03. The Hall–Kier alpha value is -0.340. The van der Waals surface area contributed by atoms with Crippen LogP contribution in [0.25, 0.3) is 0 Å². The second kappa shape index (κ2) is 7.97. The van der Waals surface area contributed by atoms with E-state index in [0.717, 1.165) is 37.4 Å². The van der Waals surface area contributed by atoms with Gasteiger partial charge in [-0.3, -0.25) is 0 Å². The Balaban J connectivity index is 1.49. The molecule has 2 nitrogen and oxygen atoms in total. The molecule has 0 aromatic carbocycles. The summed E-state index contributed by atoms with van der Waals surface area (Å²) in [6, 6.07) is 0. The molecule has 1 aliphatic heterocycles. The van der Waals surface area contributed by atoms with Crippen molar-refractivity contribution in [2.24, 2.45) is 17.8 Å². The van der Waals surface area contributed by atoms with E-state index in [1.165, 1.54) is 63.4 Å². The fourth-order valence-corrected chi connectivity index (χ4v) is 4.83. The third-order valence-electron chi connectivity index (χ3n) is 6.51. The monoisotopic (exact) mass is 306 g/mol. The van der Waals surface area contributed by atoms with E-state index in [1.54, 1.807) is 5.57 Å². The lowest BCUT2D eigenvalue weighted by Crippen LogP contribution is -2.28. The molecule has 126 valence electrons. The van der Waals surface area contributed by atoms with Crippen molar-refractivity contribution in [3.63, 3.8) is 0 Å². The Morgan fingerprint density at radius 1 is 0.909 bits per heavy atom. The normalized spacial score (nSPS) is 34.6. The molecule has 0 amide bonds. The quantitative estimate of drug-likeness (QED) is 0.643. The minimum absolute atomic E-state index is 0.0414. The van der Waals surface area contributed by atoms with Crippen LogP contribution in [-0.2, 0) is 9.47 Å². The molecular formula is C20H34O2. The molecule has 2 saturated carbocycles. The van der Waals surface area contributed by atoms with Crippen LogP contribution >= 0.6 is 0 Å². The average molecular weight is 306 g/mol. The third-order valence-corrected chi connectivity index (χ3v) is 6.51. The van der Waals surface area contributed by atoms with E-state index in [1.807, 2.05) is 0 Å². The van der Waals surface area contributed by atoms with Crippen LogP contribution in [0, 0.1) is 17.8 Å². The summed E-state index contributed by atoms with van der Waals surface area (Å²) < 4.78 is 11.6. The van der Waals surface area contributed by atoms with Gasteiger partial charge in [0, 0.05) is 0 Å². The Kier molecular flexibility index (Phi) is 5.98. The van der Waals surface area contributed by atoms with Crippen LogP contribution < -0.4 is 0 Å². The van der Waals surface area contributed by atoms with E-state index < -0.39 is 0 Å². The van der Waals surface area contributed by atoms with Gasteiger partial charge in [-0.1, -0.05) is 31.8 Å². The van der Waals surface area contributed by atoms with Gasteiger partial charge in [-0.25, -0.2) is 0 Å². The molecule has 0 unspecified atom stereocenters. The molecule has 2 aliphatic carbocycles. The highest BCUT2D eigenvalue weighted by Crippen LogP contribution is 2.42. The van der Waals surface area contributed by atoms with Crippen molar-refractivity contribution in [3.8, 4) is 0 Å². The van der Waals surface area contributed by atoms with Crippen LogP contribution in [0.4, 0.5) is 0 Å². The largest absolute Gasteiger partial charge is 0.349 e. The summed E-state index contributed by atoms with van der Waals surface area (Å²) in [7, 11) is 0. The minimum atomic E-state index is -0.0414. The fourth-order valence-electron chi connectivity index (χ4n) is 4.83. The number of hydrogen-bond donors (Lipinski definition) is 0. The molecule has 3 aliphatic rings. The van der Waals surface area contributed by atoms with Crippen LogP contribution in [0.1, 0.15) is 78.1 Å². The molecule has 2 heteroatoms. The topological polar surface area (TPSA) is 18.5 Å². The molecule has 0 aromatic rings. The van der Waals surface area contributed by atoms with Crippen LogP contribution in [-0.4, -0.2) is 19.5 Å². The van der Waals surface area contributed by atoms with Gasteiger partial charge in [-0.05, 0) is 75.2 Å². The molecule has 0 bridgehead atoms. The highest BCUT2D eigenvalue weighted by atomic mass is 16.7. The molecule has 1 heterocycles. The molecule has 0 N–H and O–H groups in total. The first kappa shape index (κ1) is 16.5. The molecule has 1 saturated heterocycles. The average Bonchev–Trinajstić information content (AvgIpc) is 2.62. The first-order valence-corrected chi connectivity index (χ1v) is 9.69. The minimum Gasteiger partial charge on any atom is -0.349 e. The van der Waals surface area contributed by atoms with Crippen LogP contribution in [0.2, 0.25) is 0 Å². The van der Waals surface area contributed by atoms with Crippen molar-refractivity contribution < 1.29 is 9.47 Å². The highest BCUT2D eigenvalue weighted by Gasteiger charge is 2.30. The van der Waals surface area contributed by atoms with Gasteiger partial charge < -0.3 is 9.47 Å². The van der Waals surface area contributed by atoms with Gasteiger partial charge in [0.05, 0.1) is 13.2 Å². The van der Waals surface area contributed by atoms with E-state index >= 15 is 0 Å². The fraction of sp³-hybridized carbons (Fsp3) is 0.900. The molecule has 0 radical (unpaired) electrons. The van der Waals surface area contributed by atoms with Gasteiger partial charge in [0.15, 0.2) is 6.29 Å². The van der Waals surface area contributed by atoms with Gasteiger partial charge in [0.1, 0.15) is 0 Å².